The van der Waals surface area contributed by atoms with Gasteiger partial charge in [-0.25, -0.2) is 0 Å². The van der Waals surface area contributed by atoms with Crippen molar-refractivity contribution in [3.63, 3.8) is 0 Å². The third-order valence-corrected chi connectivity index (χ3v) is 3.26. The van der Waals surface area contributed by atoms with Gasteiger partial charge in [0.1, 0.15) is 11.2 Å². The molecule has 1 aliphatic heterocycles. The van der Waals surface area contributed by atoms with Crippen molar-refractivity contribution in [1.29, 1.82) is 0 Å². The Bertz CT molecular complexity index is 770. The minimum atomic E-state index is 0.127. The van der Waals surface area contributed by atoms with E-state index in [-0.39, 0.29) is 5.78 Å². The van der Waals surface area contributed by atoms with Gasteiger partial charge < -0.3 is 9.73 Å². The van der Waals surface area contributed by atoms with E-state index in [1.807, 2.05) is 36.4 Å². The molecular formula is C14H9NO2. The first-order chi connectivity index (χ1) is 8.33. The Hall–Kier alpha value is -2.29. The fraction of sp³-hybridized carbons (Fsp3) is 0.0714. The molecule has 0 unspecified atom stereocenters. The first-order valence-corrected chi connectivity index (χ1v) is 5.55. The standard InChI is InChI=1S/C14H9NO2/c16-12-7-15-11-5-9-8-3-1-2-4-13(8)17-14(9)6-10(11)12/h1-6,15H,7H2. The van der Waals surface area contributed by atoms with E-state index in [4.69, 9.17) is 4.42 Å². The largest absolute Gasteiger partial charge is 0.456 e. The molecule has 2 heterocycles. The Balaban J connectivity index is 2.18. The fourth-order valence-corrected chi connectivity index (χ4v) is 2.42. The van der Waals surface area contributed by atoms with Crippen LogP contribution in [0.4, 0.5) is 5.69 Å². The molecule has 0 saturated heterocycles. The molecule has 3 heteroatoms. The molecule has 0 spiro atoms. The summed E-state index contributed by atoms with van der Waals surface area (Å²) < 4.78 is 5.75. The van der Waals surface area contributed by atoms with Crippen LogP contribution in [0.2, 0.25) is 0 Å². The third-order valence-electron chi connectivity index (χ3n) is 3.26. The van der Waals surface area contributed by atoms with Crippen LogP contribution < -0.4 is 5.32 Å². The second-order valence-corrected chi connectivity index (χ2v) is 4.27. The van der Waals surface area contributed by atoms with E-state index in [0.717, 1.165) is 33.2 Å². The second kappa shape index (κ2) is 2.88. The topological polar surface area (TPSA) is 42.2 Å². The molecule has 0 aliphatic carbocycles. The molecule has 1 aromatic heterocycles. The van der Waals surface area contributed by atoms with Crippen LogP contribution in [0.1, 0.15) is 10.4 Å². The third kappa shape index (κ3) is 1.08. The number of carbonyl (C=O) groups is 1. The molecule has 0 bridgehead atoms. The van der Waals surface area contributed by atoms with Gasteiger partial charge in [-0.05, 0) is 18.2 Å². The number of anilines is 1. The monoisotopic (exact) mass is 223 g/mol. The number of nitrogens with one attached hydrogen (secondary N) is 1. The van der Waals surface area contributed by atoms with Gasteiger partial charge in [-0.1, -0.05) is 18.2 Å². The quantitative estimate of drug-likeness (QED) is 0.636. The van der Waals surface area contributed by atoms with Gasteiger partial charge in [0, 0.05) is 22.0 Å². The van der Waals surface area contributed by atoms with Crippen LogP contribution in [0.5, 0.6) is 0 Å². The highest BCUT2D eigenvalue weighted by Crippen LogP contribution is 2.34. The Morgan fingerprint density at radius 2 is 1.94 bits per heavy atom. The van der Waals surface area contributed by atoms with Gasteiger partial charge in [0.15, 0.2) is 5.78 Å². The summed E-state index contributed by atoms with van der Waals surface area (Å²) >= 11 is 0. The Labute approximate surface area is 97.0 Å². The van der Waals surface area contributed by atoms with Crippen molar-refractivity contribution in [2.45, 2.75) is 0 Å². The lowest BCUT2D eigenvalue weighted by molar-refractivity contribution is 0.101. The molecule has 2 aromatic carbocycles. The van der Waals surface area contributed by atoms with Crippen molar-refractivity contribution < 1.29 is 9.21 Å². The number of Topliss-reactive ketones (excluding diaryl/α,β-unsaturated/α-hetero) is 1. The van der Waals surface area contributed by atoms with Crippen LogP contribution in [0.25, 0.3) is 21.9 Å². The zero-order valence-corrected chi connectivity index (χ0v) is 8.99. The predicted molar refractivity (Wildman–Crippen MR) is 66.5 cm³/mol. The van der Waals surface area contributed by atoms with Crippen LogP contribution in [0, 0.1) is 0 Å². The number of fused-ring (bicyclic) bond motifs is 4. The zero-order valence-electron chi connectivity index (χ0n) is 8.99. The molecule has 0 fully saturated rings. The molecule has 1 aliphatic rings. The van der Waals surface area contributed by atoms with Crippen molar-refractivity contribution in [3.05, 3.63) is 42.0 Å². The van der Waals surface area contributed by atoms with E-state index < -0.39 is 0 Å². The summed E-state index contributed by atoms with van der Waals surface area (Å²) in [5.74, 6) is 0.127. The molecule has 0 radical (unpaired) electrons. The molecule has 1 N–H and O–H groups in total. The van der Waals surface area contributed by atoms with Gasteiger partial charge in [-0.3, -0.25) is 4.79 Å². The summed E-state index contributed by atoms with van der Waals surface area (Å²) in [6, 6.07) is 11.7. The van der Waals surface area contributed by atoms with E-state index in [1.165, 1.54) is 0 Å². The minimum Gasteiger partial charge on any atom is -0.456 e. The molecule has 82 valence electrons. The summed E-state index contributed by atoms with van der Waals surface area (Å²) in [7, 11) is 0. The Morgan fingerprint density at radius 1 is 1.06 bits per heavy atom. The van der Waals surface area contributed by atoms with Gasteiger partial charge in [-0.2, -0.15) is 0 Å². The molecule has 17 heavy (non-hydrogen) atoms. The van der Waals surface area contributed by atoms with Crippen LogP contribution in [-0.4, -0.2) is 12.3 Å². The molecular weight excluding hydrogens is 214 g/mol. The molecule has 0 amide bonds. The average molecular weight is 223 g/mol. The van der Waals surface area contributed by atoms with Crippen molar-refractivity contribution in [2.75, 3.05) is 11.9 Å². The second-order valence-electron chi connectivity index (χ2n) is 4.27. The van der Waals surface area contributed by atoms with Crippen molar-refractivity contribution in [1.82, 2.24) is 0 Å². The lowest BCUT2D eigenvalue weighted by atomic mass is 10.1. The van der Waals surface area contributed by atoms with Crippen molar-refractivity contribution in [2.24, 2.45) is 0 Å². The molecule has 0 atom stereocenters. The summed E-state index contributed by atoms with van der Waals surface area (Å²) in [4.78, 5) is 11.6. The number of hydrogen-bond donors (Lipinski definition) is 1. The summed E-state index contributed by atoms with van der Waals surface area (Å²) in [5, 5.41) is 5.25. The zero-order chi connectivity index (χ0) is 11.4. The fourth-order valence-electron chi connectivity index (χ4n) is 2.42. The van der Waals surface area contributed by atoms with E-state index in [1.54, 1.807) is 0 Å². The van der Waals surface area contributed by atoms with Gasteiger partial charge in [-0.15, -0.1) is 0 Å². The Kier molecular flexibility index (Phi) is 1.50. The maximum absolute atomic E-state index is 11.6. The van der Waals surface area contributed by atoms with Crippen LogP contribution >= 0.6 is 0 Å². The summed E-state index contributed by atoms with van der Waals surface area (Å²) in [6.45, 7) is 0.389. The number of benzene rings is 2. The van der Waals surface area contributed by atoms with E-state index in [2.05, 4.69) is 5.32 Å². The highest BCUT2D eigenvalue weighted by molar-refractivity contribution is 6.14. The first-order valence-electron chi connectivity index (χ1n) is 5.55. The number of carbonyl (C=O) groups excluding carboxylic acids is 1. The molecule has 3 nitrogen and oxygen atoms in total. The highest BCUT2D eigenvalue weighted by Gasteiger charge is 2.21. The summed E-state index contributed by atoms with van der Waals surface area (Å²) in [6.07, 6.45) is 0. The van der Waals surface area contributed by atoms with Crippen LogP contribution in [-0.2, 0) is 0 Å². The van der Waals surface area contributed by atoms with Crippen LogP contribution in [0.3, 0.4) is 0 Å². The normalized spacial score (nSPS) is 14.2. The maximum Gasteiger partial charge on any atom is 0.184 e. The molecule has 4 rings (SSSR count). The smallest absolute Gasteiger partial charge is 0.184 e. The van der Waals surface area contributed by atoms with Gasteiger partial charge in [0.2, 0.25) is 0 Å². The van der Waals surface area contributed by atoms with E-state index in [0.29, 0.717) is 6.54 Å². The van der Waals surface area contributed by atoms with E-state index in [9.17, 15) is 4.79 Å². The van der Waals surface area contributed by atoms with Gasteiger partial charge in [0.25, 0.3) is 0 Å². The van der Waals surface area contributed by atoms with Crippen LogP contribution in [0.15, 0.2) is 40.8 Å². The Morgan fingerprint density at radius 3 is 2.88 bits per heavy atom. The molecule has 3 aromatic rings. The first kappa shape index (κ1) is 8.82. The number of rotatable bonds is 0. The minimum absolute atomic E-state index is 0.127. The van der Waals surface area contributed by atoms with Crippen molar-refractivity contribution in [3.8, 4) is 0 Å². The average Bonchev–Trinajstić information content (AvgIpc) is 2.88. The SMILES string of the molecule is O=C1CNc2cc3c(cc21)oc1ccccc13. The van der Waals surface area contributed by atoms with Gasteiger partial charge in [0.05, 0.1) is 6.54 Å². The highest BCUT2D eigenvalue weighted by atomic mass is 16.3. The number of para-hydroxylation sites is 1. The van der Waals surface area contributed by atoms with Crippen molar-refractivity contribution >= 4 is 33.4 Å². The number of hydrogen-bond acceptors (Lipinski definition) is 3. The van der Waals surface area contributed by atoms with Gasteiger partial charge >= 0.3 is 0 Å². The maximum atomic E-state index is 11.6. The lowest BCUT2D eigenvalue weighted by Crippen LogP contribution is -2.00. The lowest BCUT2D eigenvalue weighted by Gasteiger charge is -1.97. The summed E-state index contributed by atoms with van der Waals surface area (Å²) in [5.41, 5.74) is 3.28. The molecule has 0 saturated carbocycles. The predicted octanol–water partition coefficient (Wildman–Crippen LogP) is 3.19. The number of furan rings is 1. The van der Waals surface area contributed by atoms with E-state index >= 15 is 0 Å². The number of ketones is 1.